The fourth-order valence-electron chi connectivity index (χ4n) is 5.77. The van der Waals surface area contributed by atoms with Gasteiger partial charge in [-0.1, -0.05) is 30.3 Å². The van der Waals surface area contributed by atoms with Crippen molar-refractivity contribution in [2.75, 3.05) is 18.5 Å². The Morgan fingerprint density at radius 1 is 0.979 bits per heavy atom. The lowest BCUT2D eigenvalue weighted by Crippen LogP contribution is -2.57. The molecule has 1 heterocycles. The minimum atomic E-state index is -1.41. The van der Waals surface area contributed by atoms with Gasteiger partial charge in [-0.05, 0) is 88.1 Å². The number of halogens is 3. The number of hydrogen-bond acceptors (Lipinski definition) is 6. The highest BCUT2D eigenvalue weighted by molar-refractivity contribution is 5.98. The van der Waals surface area contributed by atoms with Crippen molar-refractivity contribution >= 4 is 23.8 Å². The summed E-state index contributed by atoms with van der Waals surface area (Å²) in [4.78, 5) is 40.1. The van der Waals surface area contributed by atoms with Crippen LogP contribution in [0.4, 0.5) is 28.4 Å². The van der Waals surface area contributed by atoms with Gasteiger partial charge >= 0.3 is 12.2 Å². The van der Waals surface area contributed by atoms with Crippen LogP contribution in [0, 0.1) is 17.5 Å². The molecule has 13 heteroatoms. The molecule has 0 saturated carbocycles. The lowest BCUT2D eigenvalue weighted by Gasteiger charge is -2.41. The average Bonchev–Trinajstić information content (AvgIpc) is 3.01. The summed E-state index contributed by atoms with van der Waals surface area (Å²) in [7, 11) is 0. The number of aliphatic hydroxyl groups is 1. The Labute approximate surface area is 276 Å². The smallest absolute Gasteiger partial charge is 0.408 e. The zero-order chi connectivity index (χ0) is 35.2. The molecule has 10 nitrogen and oxygen atoms in total. The predicted octanol–water partition coefficient (Wildman–Crippen LogP) is 5.83. The number of ether oxygens (including phenoxy) is 2. The van der Waals surface area contributed by atoms with Gasteiger partial charge in [0.05, 0.1) is 31.4 Å². The molecule has 1 saturated heterocycles. The molecular formula is C35H40F3N3O7. The predicted molar refractivity (Wildman–Crippen MR) is 171 cm³/mol. The van der Waals surface area contributed by atoms with Crippen LogP contribution in [-0.2, 0) is 20.7 Å². The van der Waals surface area contributed by atoms with Crippen LogP contribution in [0.15, 0.2) is 66.7 Å². The van der Waals surface area contributed by atoms with E-state index in [1.165, 1.54) is 66.7 Å². The van der Waals surface area contributed by atoms with E-state index in [4.69, 9.17) is 9.47 Å². The molecule has 3 aromatic carbocycles. The van der Waals surface area contributed by atoms with Crippen LogP contribution < -0.4 is 10.6 Å². The maximum atomic E-state index is 15.3. The fourth-order valence-corrected chi connectivity index (χ4v) is 5.77. The molecule has 0 spiro atoms. The van der Waals surface area contributed by atoms with Crippen molar-refractivity contribution in [3.63, 3.8) is 0 Å². The van der Waals surface area contributed by atoms with Crippen molar-refractivity contribution in [2.45, 2.75) is 76.3 Å². The third kappa shape index (κ3) is 9.26. The van der Waals surface area contributed by atoms with Crippen molar-refractivity contribution in [2.24, 2.45) is 0 Å². The van der Waals surface area contributed by atoms with Crippen LogP contribution in [0.1, 0.15) is 56.7 Å². The highest BCUT2D eigenvalue weighted by atomic mass is 19.1. The molecule has 4 N–H and O–H groups in total. The van der Waals surface area contributed by atoms with E-state index in [2.05, 4.69) is 10.6 Å². The number of carboxylic acid groups (broad SMARTS) is 1. The van der Waals surface area contributed by atoms with Gasteiger partial charge in [-0.15, -0.1) is 0 Å². The number of carbonyl (C=O) groups excluding carboxylic acids is 2. The zero-order valence-electron chi connectivity index (χ0n) is 27.1. The van der Waals surface area contributed by atoms with Gasteiger partial charge in [-0.2, -0.15) is 0 Å². The average molecular weight is 672 g/mol. The maximum absolute atomic E-state index is 15.3. The third-order valence-electron chi connectivity index (χ3n) is 8.02. The Morgan fingerprint density at radius 2 is 1.56 bits per heavy atom. The third-order valence-corrected chi connectivity index (χ3v) is 8.02. The van der Waals surface area contributed by atoms with E-state index in [1.54, 1.807) is 27.7 Å². The molecule has 0 aromatic heterocycles. The molecule has 258 valence electrons. The Kier molecular flexibility index (Phi) is 11.7. The summed E-state index contributed by atoms with van der Waals surface area (Å²) in [5, 5.41) is 24.6. The number of carbonyl (C=O) groups is 3. The van der Waals surface area contributed by atoms with Crippen molar-refractivity contribution in [1.82, 2.24) is 10.2 Å². The Morgan fingerprint density at radius 3 is 2.08 bits per heavy atom. The highest BCUT2D eigenvalue weighted by Crippen LogP contribution is 2.31. The molecule has 0 bridgehead atoms. The normalized spacial score (nSPS) is 18.7. The van der Waals surface area contributed by atoms with Gasteiger partial charge in [0.2, 0.25) is 5.91 Å². The van der Waals surface area contributed by atoms with E-state index in [-0.39, 0.29) is 30.6 Å². The number of rotatable bonds is 10. The van der Waals surface area contributed by atoms with Gasteiger partial charge in [0.25, 0.3) is 0 Å². The largest absolute Gasteiger partial charge is 0.465 e. The number of hydrogen-bond donors (Lipinski definition) is 4. The topological polar surface area (TPSA) is 137 Å². The second-order valence-electron chi connectivity index (χ2n) is 12.6. The van der Waals surface area contributed by atoms with E-state index in [0.29, 0.717) is 11.1 Å². The van der Waals surface area contributed by atoms with Crippen LogP contribution in [0.25, 0.3) is 0 Å². The van der Waals surface area contributed by atoms with Crippen molar-refractivity contribution < 1.29 is 47.2 Å². The summed E-state index contributed by atoms with van der Waals surface area (Å²) < 4.78 is 54.6. The van der Waals surface area contributed by atoms with Crippen LogP contribution in [-0.4, -0.2) is 76.3 Å². The standard InChI is InChI=1S/C35H40F3N3O7/c1-20-29(19-42)41(34(45)46)18-25(47-20)16-17-26-27(38)6-5-7-28(26)39-32(43)31(40-33(44)48-35(2,3)4)30(21-8-12-23(36)13-9-21)22-10-14-24(37)15-11-22/h5-15,20,25,29-31,42H,16-19H2,1-4H3,(H,39,43)(H,40,44)(H,45,46)/t20?,25?,29?,31-/m0/s1. The van der Waals surface area contributed by atoms with Gasteiger partial charge < -0.3 is 30.3 Å². The number of aliphatic hydroxyl groups excluding tert-OH is 1. The van der Waals surface area contributed by atoms with Crippen molar-refractivity contribution in [1.29, 1.82) is 0 Å². The van der Waals surface area contributed by atoms with Gasteiger partial charge in [0, 0.05) is 17.2 Å². The minimum Gasteiger partial charge on any atom is -0.465 e. The van der Waals surface area contributed by atoms with Crippen LogP contribution >= 0.6 is 0 Å². The summed E-state index contributed by atoms with van der Waals surface area (Å²) in [6, 6.07) is 12.5. The number of morpholine rings is 1. The Bertz CT molecular complexity index is 1540. The summed E-state index contributed by atoms with van der Waals surface area (Å²) in [5.41, 5.74) is 0.135. The molecule has 1 fully saturated rings. The maximum Gasteiger partial charge on any atom is 0.408 e. The minimum absolute atomic E-state index is 0.0417. The van der Waals surface area contributed by atoms with E-state index >= 15 is 4.39 Å². The van der Waals surface area contributed by atoms with E-state index in [1.807, 2.05) is 0 Å². The molecule has 4 atom stereocenters. The summed E-state index contributed by atoms with van der Waals surface area (Å²) in [6.07, 6.45) is -3.15. The van der Waals surface area contributed by atoms with Gasteiger partial charge in [0.1, 0.15) is 29.1 Å². The molecule has 0 radical (unpaired) electrons. The lowest BCUT2D eigenvalue weighted by molar-refractivity contribution is -0.118. The van der Waals surface area contributed by atoms with E-state index in [9.17, 15) is 33.4 Å². The SMILES string of the molecule is CC1OC(CCc2c(F)cccc2NC(=O)[C@@H](NC(=O)OC(C)(C)C)C(c2ccc(F)cc2)c2ccc(F)cc2)CN(C(=O)O)C1CO. The first-order chi connectivity index (χ1) is 22.7. The second-order valence-corrected chi connectivity index (χ2v) is 12.6. The van der Waals surface area contributed by atoms with Crippen molar-refractivity contribution in [3.8, 4) is 0 Å². The molecule has 3 aromatic rings. The van der Waals surface area contributed by atoms with Gasteiger partial charge in [-0.3, -0.25) is 9.69 Å². The van der Waals surface area contributed by atoms with E-state index in [0.717, 1.165) is 4.90 Å². The first-order valence-electron chi connectivity index (χ1n) is 15.5. The van der Waals surface area contributed by atoms with Gasteiger partial charge in [-0.25, -0.2) is 22.8 Å². The molecular weight excluding hydrogens is 631 g/mol. The quantitative estimate of drug-likeness (QED) is 0.213. The number of nitrogens with one attached hydrogen (secondary N) is 2. The zero-order valence-corrected chi connectivity index (χ0v) is 27.1. The van der Waals surface area contributed by atoms with Crippen LogP contribution in [0.3, 0.4) is 0 Å². The molecule has 1 aliphatic rings. The molecule has 3 unspecified atom stereocenters. The molecule has 0 aliphatic carbocycles. The molecule has 4 rings (SSSR count). The number of anilines is 1. The lowest BCUT2D eigenvalue weighted by atomic mass is 9.84. The first-order valence-corrected chi connectivity index (χ1v) is 15.5. The monoisotopic (exact) mass is 671 g/mol. The van der Waals surface area contributed by atoms with Crippen LogP contribution in [0.2, 0.25) is 0 Å². The summed E-state index contributed by atoms with van der Waals surface area (Å²) >= 11 is 0. The number of alkyl carbamates (subject to hydrolysis) is 1. The first kappa shape index (κ1) is 36.2. The molecule has 48 heavy (non-hydrogen) atoms. The van der Waals surface area contributed by atoms with Gasteiger partial charge in [0.15, 0.2) is 0 Å². The number of nitrogens with zero attached hydrogens (tertiary/aromatic N) is 1. The molecule has 3 amide bonds. The molecule has 1 aliphatic heterocycles. The van der Waals surface area contributed by atoms with Crippen LogP contribution in [0.5, 0.6) is 0 Å². The number of amides is 3. The highest BCUT2D eigenvalue weighted by Gasteiger charge is 2.38. The van der Waals surface area contributed by atoms with Crippen molar-refractivity contribution in [3.05, 3.63) is 101 Å². The second kappa shape index (κ2) is 15.5. The summed E-state index contributed by atoms with van der Waals surface area (Å²) in [6.45, 7) is 6.13. The Hall–Kier alpha value is -4.62. The number of benzene rings is 3. The Balaban J connectivity index is 1.66. The fraction of sp³-hybridized carbons (Fsp3) is 0.400. The summed E-state index contributed by atoms with van der Waals surface area (Å²) in [5.74, 6) is -3.43. The van der Waals surface area contributed by atoms with E-state index < -0.39 is 78.0 Å².